The van der Waals surface area contributed by atoms with Crippen LogP contribution in [0, 0.1) is 11.6 Å². The summed E-state index contributed by atoms with van der Waals surface area (Å²) in [6, 6.07) is 1.32. The van der Waals surface area contributed by atoms with E-state index >= 15 is 0 Å². The van der Waals surface area contributed by atoms with Crippen LogP contribution in [0.2, 0.25) is 0 Å². The van der Waals surface area contributed by atoms with Crippen molar-refractivity contribution >= 4 is 11.9 Å². The Labute approximate surface area is 120 Å². The summed E-state index contributed by atoms with van der Waals surface area (Å²) < 4.78 is 26.5. The first-order valence-electron chi connectivity index (χ1n) is 6.53. The van der Waals surface area contributed by atoms with Crippen molar-refractivity contribution in [3.63, 3.8) is 0 Å². The molecule has 5 nitrogen and oxygen atoms in total. The molecule has 1 atom stereocenters. The van der Waals surface area contributed by atoms with Crippen LogP contribution in [-0.2, 0) is 0 Å². The largest absolute Gasteiger partial charge is 0.478 e. The molecule has 0 saturated carbocycles. The second-order valence-electron chi connectivity index (χ2n) is 5.20. The molecular formula is C14H16F2N2O3. The average Bonchev–Trinajstić information content (AvgIpc) is 2.43. The van der Waals surface area contributed by atoms with Gasteiger partial charge < -0.3 is 14.9 Å². The number of rotatable bonds is 2. The van der Waals surface area contributed by atoms with Crippen molar-refractivity contribution in [3.8, 4) is 0 Å². The topological polar surface area (TPSA) is 60.9 Å². The molecule has 1 aromatic rings. The predicted molar refractivity (Wildman–Crippen MR) is 71.3 cm³/mol. The Balaban J connectivity index is 2.35. The van der Waals surface area contributed by atoms with Gasteiger partial charge in [-0.05, 0) is 26.1 Å². The molecule has 7 heteroatoms. The summed E-state index contributed by atoms with van der Waals surface area (Å²) >= 11 is 0. The van der Waals surface area contributed by atoms with Gasteiger partial charge in [-0.15, -0.1) is 0 Å². The molecule has 0 spiro atoms. The predicted octanol–water partition coefficient (Wildman–Crippen LogP) is 1.44. The molecule has 1 fully saturated rings. The fourth-order valence-corrected chi connectivity index (χ4v) is 2.30. The molecule has 1 amide bonds. The van der Waals surface area contributed by atoms with Crippen molar-refractivity contribution in [2.75, 3.05) is 26.7 Å². The number of carboxylic acids is 1. The average molecular weight is 298 g/mol. The minimum absolute atomic E-state index is 0.112. The van der Waals surface area contributed by atoms with E-state index in [0.717, 1.165) is 0 Å². The fourth-order valence-electron chi connectivity index (χ4n) is 2.30. The van der Waals surface area contributed by atoms with E-state index in [2.05, 4.69) is 4.90 Å². The third-order valence-electron chi connectivity index (χ3n) is 3.77. The number of hydrogen-bond acceptors (Lipinski definition) is 3. The summed E-state index contributed by atoms with van der Waals surface area (Å²) in [6.45, 7) is 3.40. The highest BCUT2D eigenvalue weighted by Gasteiger charge is 2.28. The number of carboxylic acid groups (broad SMARTS) is 1. The van der Waals surface area contributed by atoms with Gasteiger partial charge >= 0.3 is 5.97 Å². The number of halogens is 2. The van der Waals surface area contributed by atoms with Crippen molar-refractivity contribution in [2.45, 2.75) is 13.0 Å². The van der Waals surface area contributed by atoms with Gasteiger partial charge in [-0.25, -0.2) is 13.6 Å². The van der Waals surface area contributed by atoms with Gasteiger partial charge in [0.1, 0.15) is 0 Å². The molecule has 1 aliphatic rings. The number of amides is 1. The maximum absolute atomic E-state index is 13.3. The van der Waals surface area contributed by atoms with Crippen LogP contribution in [0.1, 0.15) is 27.6 Å². The number of nitrogens with zero attached hydrogens (tertiary/aromatic N) is 2. The fraction of sp³-hybridized carbons (Fsp3) is 0.429. The Hall–Kier alpha value is -2.02. The van der Waals surface area contributed by atoms with E-state index in [1.807, 2.05) is 14.0 Å². The Kier molecular flexibility index (Phi) is 4.22. The van der Waals surface area contributed by atoms with Crippen molar-refractivity contribution < 1.29 is 23.5 Å². The van der Waals surface area contributed by atoms with Gasteiger partial charge in [0.2, 0.25) is 0 Å². The summed E-state index contributed by atoms with van der Waals surface area (Å²) in [4.78, 5) is 27.0. The molecule has 1 aliphatic heterocycles. The van der Waals surface area contributed by atoms with E-state index in [0.29, 0.717) is 31.8 Å². The molecular weight excluding hydrogens is 282 g/mol. The highest BCUT2D eigenvalue weighted by atomic mass is 19.2. The number of piperazine rings is 1. The molecule has 1 unspecified atom stereocenters. The lowest BCUT2D eigenvalue weighted by atomic mass is 10.0. The van der Waals surface area contributed by atoms with Crippen molar-refractivity contribution in [1.29, 1.82) is 0 Å². The maximum atomic E-state index is 13.3. The maximum Gasteiger partial charge on any atom is 0.336 e. The number of likely N-dealkylation sites (N-methyl/N-ethyl adjacent to an activating group) is 1. The van der Waals surface area contributed by atoms with Crippen molar-refractivity contribution in [1.82, 2.24) is 9.80 Å². The van der Waals surface area contributed by atoms with Gasteiger partial charge in [0.25, 0.3) is 5.91 Å². The molecule has 1 N–H and O–H groups in total. The van der Waals surface area contributed by atoms with E-state index in [1.54, 1.807) is 0 Å². The first-order valence-corrected chi connectivity index (χ1v) is 6.53. The van der Waals surface area contributed by atoms with E-state index in [4.69, 9.17) is 5.11 Å². The highest BCUT2D eigenvalue weighted by Crippen LogP contribution is 2.19. The Morgan fingerprint density at radius 1 is 1.19 bits per heavy atom. The SMILES string of the molecule is CC1CN(C(=O)c2cc(F)c(F)cc2C(=O)O)CCN1C. The normalized spacial score (nSPS) is 19.6. The van der Waals surface area contributed by atoms with E-state index in [9.17, 15) is 18.4 Å². The van der Waals surface area contributed by atoms with Crippen LogP contribution in [0.15, 0.2) is 12.1 Å². The van der Waals surface area contributed by atoms with Gasteiger partial charge in [0.15, 0.2) is 11.6 Å². The molecule has 0 aliphatic carbocycles. The molecule has 1 heterocycles. The van der Waals surface area contributed by atoms with Crippen LogP contribution in [0.3, 0.4) is 0 Å². The first kappa shape index (κ1) is 15.4. The standard InChI is InChI=1S/C14H16F2N2O3/c1-8-7-18(4-3-17(8)2)13(19)9-5-11(15)12(16)6-10(9)14(20)21/h5-6,8H,3-4,7H2,1-2H3,(H,20,21). The zero-order valence-corrected chi connectivity index (χ0v) is 11.8. The van der Waals surface area contributed by atoms with Gasteiger partial charge in [0.05, 0.1) is 11.1 Å². The lowest BCUT2D eigenvalue weighted by Crippen LogP contribution is -2.52. The third-order valence-corrected chi connectivity index (χ3v) is 3.77. The van der Waals surface area contributed by atoms with E-state index in [-0.39, 0.29) is 11.6 Å². The minimum atomic E-state index is -1.46. The minimum Gasteiger partial charge on any atom is -0.478 e. The first-order chi connectivity index (χ1) is 9.81. The smallest absolute Gasteiger partial charge is 0.336 e. The Morgan fingerprint density at radius 3 is 2.29 bits per heavy atom. The lowest BCUT2D eigenvalue weighted by molar-refractivity contribution is 0.0559. The molecule has 0 aromatic heterocycles. The number of aromatic carboxylic acids is 1. The molecule has 1 aromatic carbocycles. The van der Waals surface area contributed by atoms with E-state index in [1.165, 1.54) is 4.90 Å². The lowest BCUT2D eigenvalue weighted by Gasteiger charge is -2.37. The van der Waals surface area contributed by atoms with Crippen LogP contribution in [0.4, 0.5) is 8.78 Å². The zero-order chi connectivity index (χ0) is 15.7. The second-order valence-corrected chi connectivity index (χ2v) is 5.20. The molecule has 0 radical (unpaired) electrons. The summed E-state index contributed by atoms with van der Waals surface area (Å²) in [5.41, 5.74) is -0.844. The van der Waals surface area contributed by atoms with Crippen LogP contribution in [0.25, 0.3) is 0 Å². The summed E-state index contributed by atoms with van der Waals surface area (Å²) in [7, 11) is 1.92. The Bertz CT molecular complexity index is 592. The van der Waals surface area contributed by atoms with E-state index < -0.39 is 29.1 Å². The quantitative estimate of drug-likeness (QED) is 0.897. The summed E-state index contributed by atoms with van der Waals surface area (Å²) in [6.07, 6.45) is 0. The number of hydrogen-bond donors (Lipinski definition) is 1. The monoisotopic (exact) mass is 298 g/mol. The molecule has 0 bridgehead atoms. The molecule has 1 saturated heterocycles. The van der Waals surface area contributed by atoms with Gasteiger partial charge in [-0.3, -0.25) is 4.79 Å². The van der Waals surface area contributed by atoms with Crippen molar-refractivity contribution in [2.24, 2.45) is 0 Å². The molecule has 114 valence electrons. The third kappa shape index (κ3) is 3.02. The second kappa shape index (κ2) is 5.77. The van der Waals surface area contributed by atoms with Crippen LogP contribution < -0.4 is 0 Å². The van der Waals surface area contributed by atoms with Crippen LogP contribution in [-0.4, -0.2) is 59.5 Å². The molecule has 21 heavy (non-hydrogen) atoms. The summed E-state index contributed by atoms with van der Waals surface area (Å²) in [5, 5.41) is 9.05. The number of carbonyl (C=O) groups excluding carboxylic acids is 1. The van der Waals surface area contributed by atoms with Crippen molar-refractivity contribution in [3.05, 3.63) is 34.9 Å². The van der Waals surface area contributed by atoms with Gasteiger partial charge in [-0.2, -0.15) is 0 Å². The Morgan fingerprint density at radius 2 is 1.76 bits per heavy atom. The summed E-state index contributed by atoms with van der Waals surface area (Å²) in [5.74, 6) is -4.56. The highest BCUT2D eigenvalue weighted by molar-refractivity contribution is 6.04. The van der Waals surface area contributed by atoms with Gasteiger partial charge in [-0.1, -0.05) is 0 Å². The van der Waals surface area contributed by atoms with Gasteiger partial charge in [0, 0.05) is 25.7 Å². The molecule has 2 rings (SSSR count). The zero-order valence-electron chi connectivity index (χ0n) is 11.8. The number of carbonyl (C=O) groups is 2. The number of benzene rings is 1. The van der Waals surface area contributed by atoms with Crippen LogP contribution in [0.5, 0.6) is 0 Å². The van der Waals surface area contributed by atoms with Crippen LogP contribution >= 0.6 is 0 Å².